The molecule has 0 aliphatic heterocycles. The fourth-order valence-corrected chi connectivity index (χ4v) is 2.84. The van der Waals surface area contributed by atoms with Crippen LogP contribution in [0.4, 0.5) is 0 Å². The van der Waals surface area contributed by atoms with Crippen LogP contribution < -0.4 is 0 Å². The molecule has 2 rings (SSSR count). The van der Waals surface area contributed by atoms with Gasteiger partial charge in [0.25, 0.3) is 0 Å². The molecular weight excluding hydrogens is 240 g/mol. The average molecular weight is 264 g/mol. The predicted octanol–water partition coefficient (Wildman–Crippen LogP) is 5.92. The Hall–Kier alpha value is -1.82. The molecule has 2 aromatic carbocycles. The molecule has 0 aliphatic carbocycles. The van der Waals surface area contributed by atoms with Crippen LogP contribution in [0, 0.1) is 5.92 Å². The van der Waals surface area contributed by atoms with Gasteiger partial charge in [-0.2, -0.15) is 0 Å². The van der Waals surface area contributed by atoms with E-state index in [1.54, 1.807) is 0 Å². The third-order valence-electron chi connectivity index (χ3n) is 3.99. The van der Waals surface area contributed by atoms with Gasteiger partial charge in [-0.1, -0.05) is 86.7 Å². The molecule has 0 amide bonds. The van der Waals surface area contributed by atoms with Gasteiger partial charge < -0.3 is 0 Å². The van der Waals surface area contributed by atoms with E-state index in [9.17, 15) is 0 Å². The molecule has 0 spiro atoms. The molecular formula is C20H24. The Morgan fingerprint density at radius 1 is 0.800 bits per heavy atom. The second-order valence-corrected chi connectivity index (χ2v) is 5.27. The maximum Gasteiger partial charge on any atom is -0.0102 e. The van der Waals surface area contributed by atoms with Crippen LogP contribution in [-0.2, 0) is 0 Å². The van der Waals surface area contributed by atoms with Gasteiger partial charge in [0.15, 0.2) is 0 Å². The largest absolute Gasteiger partial charge is 0.0802 e. The van der Waals surface area contributed by atoms with Crippen LogP contribution in [-0.4, -0.2) is 0 Å². The summed E-state index contributed by atoms with van der Waals surface area (Å²) in [6.07, 6.45) is 7.01. The summed E-state index contributed by atoms with van der Waals surface area (Å²) in [6.45, 7) is 4.57. The second kappa shape index (κ2) is 7.69. The first-order valence-electron chi connectivity index (χ1n) is 7.63. The van der Waals surface area contributed by atoms with E-state index in [-0.39, 0.29) is 0 Å². The minimum Gasteiger partial charge on any atom is -0.0802 e. The molecule has 0 radical (unpaired) electrons. The normalized spacial score (nSPS) is 14.3. The highest BCUT2D eigenvalue weighted by atomic mass is 14.2. The van der Waals surface area contributed by atoms with Gasteiger partial charge in [-0.05, 0) is 35.8 Å². The van der Waals surface area contributed by atoms with Gasteiger partial charge in [-0.3, -0.25) is 0 Å². The van der Waals surface area contributed by atoms with Crippen molar-refractivity contribution in [2.75, 3.05) is 0 Å². The minimum atomic E-state index is 0.600. The first-order chi connectivity index (χ1) is 9.85. The number of allylic oxidation sites excluding steroid dienone is 1. The second-order valence-electron chi connectivity index (χ2n) is 5.27. The van der Waals surface area contributed by atoms with Crippen LogP contribution in [0.25, 0.3) is 6.08 Å². The van der Waals surface area contributed by atoms with Crippen LogP contribution >= 0.6 is 0 Å². The maximum absolute atomic E-state index is 2.39. The fourth-order valence-electron chi connectivity index (χ4n) is 2.84. The Morgan fingerprint density at radius 3 is 1.95 bits per heavy atom. The molecule has 0 nitrogen and oxygen atoms in total. The first-order valence-corrected chi connectivity index (χ1v) is 7.63. The van der Waals surface area contributed by atoms with Crippen LogP contribution in [0.15, 0.2) is 66.7 Å². The fraction of sp³-hybridized carbons (Fsp3) is 0.300. The summed E-state index contributed by atoms with van der Waals surface area (Å²) in [4.78, 5) is 0. The highest BCUT2D eigenvalue weighted by molar-refractivity contribution is 5.49. The Kier molecular flexibility index (Phi) is 5.61. The molecule has 104 valence electrons. The van der Waals surface area contributed by atoms with Crippen LogP contribution in [0.2, 0.25) is 0 Å². The zero-order valence-electron chi connectivity index (χ0n) is 12.5. The van der Waals surface area contributed by atoms with Gasteiger partial charge in [-0.15, -0.1) is 0 Å². The Bertz CT molecular complexity index is 510. The molecule has 0 saturated carbocycles. The molecule has 0 fully saturated rings. The van der Waals surface area contributed by atoms with Gasteiger partial charge in [0, 0.05) is 0 Å². The lowest BCUT2D eigenvalue weighted by atomic mass is 9.82. The summed E-state index contributed by atoms with van der Waals surface area (Å²) >= 11 is 0. The zero-order chi connectivity index (χ0) is 14.2. The summed E-state index contributed by atoms with van der Waals surface area (Å²) in [7, 11) is 0. The molecule has 0 heterocycles. The van der Waals surface area contributed by atoms with E-state index in [2.05, 4.69) is 86.7 Å². The van der Waals surface area contributed by atoms with E-state index in [0.29, 0.717) is 11.8 Å². The molecule has 0 aromatic heterocycles. The minimum absolute atomic E-state index is 0.600. The van der Waals surface area contributed by atoms with E-state index in [1.165, 1.54) is 24.0 Å². The van der Waals surface area contributed by atoms with Crippen molar-refractivity contribution in [3.63, 3.8) is 0 Å². The maximum atomic E-state index is 2.39. The van der Waals surface area contributed by atoms with Crippen LogP contribution in [0.3, 0.4) is 0 Å². The van der Waals surface area contributed by atoms with Gasteiger partial charge >= 0.3 is 0 Å². The number of hydrogen-bond acceptors (Lipinski definition) is 0. The van der Waals surface area contributed by atoms with E-state index in [1.807, 2.05) is 0 Å². The summed E-state index contributed by atoms with van der Waals surface area (Å²) in [5, 5.41) is 0. The number of benzene rings is 2. The van der Waals surface area contributed by atoms with Gasteiger partial charge in [0.05, 0.1) is 0 Å². The molecule has 0 N–H and O–H groups in total. The summed E-state index contributed by atoms with van der Waals surface area (Å²) < 4.78 is 0. The average Bonchev–Trinajstić information content (AvgIpc) is 2.53. The predicted molar refractivity (Wildman–Crippen MR) is 88.7 cm³/mol. The lowest BCUT2D eigenvalue weighted by Gasteiger charge is -2.23. The molecule has 2 unspecified atom stereocenters. The highest BCUT2D eigenvalue weighted by Crippen LogP contribution is 2.31. The number of rotatable bonds is 6. The molecule has 2 aromatic rings. The topological polar surface area (TPSA) is 0 Å². The van der Waals surface area contributed by atoms with Crippen molar-refractivity contribution in [3.05, 3.63) is 77.9 Å². The molecule has 0 heteroatoms. The van der Waals surface area contributed by atoms with E-state index in [0.717, 1.165) is 0 Å². The zero-order valence-corrected chi connectivity index (χ0v) is 12.5. The Balaban J connectivity index is 2.16. The third-order valence-corrected chi connectivity index (χ3v) is 3.99. The van der Waals surface area contributed by atoms with Gasteiger partial charge in [-0.25, -0.2) is 0 Å². The van der Waals surface area contributed by atoms with Crippen molar-refractivity contribution in [2.45, 2.75) is 32.6 Å². The monoisotopic (exact) mass is 264 g/mol. The molecule has 2 atom stereocenters. The molecule has 0 saturated heterocycles. The van der Waals surface area contributed by atoms with Crippen molar-refractivity contribution in [1.82, 2.24) is 0 Å². The van der Waals surface area contributed by atoms with Crippen molar-refractivity contribution >= 4 is 6.08 Å². The van der Waals surface area contributed by atoms with Gasteiger partial charge in [0.2, 0.25) is 0 Å². The molecule has 0 aliphatic rings. The lowest BCUT2D eigenvalue weighted by molar-refractivity contribution is 0.481. The molecule has 20 heavy (non-hydrogen) atoms. The van der Waals surface area contributed by atoms with Crippen molar-refractivity contribution in [2.24, 2.45) is 5.92 Å². The van der Waals surface area contributed by atoms with Crippen LogP contribution in [0.5, 0.6) is 0 Å². The van der Waals surface area contributed by atoms with Crippen molar-refractivity contribution in [1.29, 1.82) is 0 Å². The SMILES string of the molecule is CCC(/C=C/c1ccccc1)C(CC)c1ccccc1. The van der Waals surface area contributed by atoms with Crippen LogP contribution in [0.1, 0.15) is 43.7 Å². The van der Waals surface area contributed by atoms with Gasteiger partial charge in [0.1, 0.15) is 0 Å². The summed E-state index contributed by atoms with van der Waals surface area (Å²) in [5.74, 6) is 1.21. The quantitative estimate of drug-likeness (QED) is 0.607. The third kappa shape index (κ3) is 3.84. The van der Waals surface area contributed by atoms with E-state index >= 15 is 0 Å². The standard InChI is InChI=1S/C20H24/c1-3-18(16-15-17-11-7-5-8-12-17)20(4-2)19-13-9-6-10-14-19/h5-16,18,20H,3-4H2,1-2H3/b16-15+. The van der Waals surface area contributed by atoms with Crippen molar-refractivity contribution < 1.29 is 0 Å². The summed E-state index contributed by atoms with van der Waals surface area (Å²) in [6, 6.07) is 21.5. The Morgan fingerprint density at radius 2 is 1.40 bits per heavy atom. The lowest BCUT2D eigenvalue weighted by Crippen LogP contribution is -2.09. The molecule has 0 bridgehead atoms. The number of hydrogen-bond donors (Lipinski definition) is 0. The van der Waals surface area contributed by atoms with Crippen molar-refractivity contribution in [3.8, 4) is 0 Å². The van der Waals surface area contributed by atoms with E-state index in [4.69, 9.17) is 0 Å². The smallest absolute Gasteiger partial charge is 0.0102 e. The first kappa shape index (κ1) is 14.6. The summed E-state index contributed by atoms with van der Waals surface area (Å²) in [5.41, 5.74) is 2.74. The Labute approximate surface area is 123 Å². The highest BCUT2D eigenvalue weighted by Gasteiger charge is 2.17. The van der Waals surface area contributed by atoms with E-state index < -0.39 is 0 Å².